The molecule has 0 aliphatic heterocycles. The standard InChI is InChI=1S/C13H22O.C9H13N.C3H8.C2H6/c1-4-6-8-13(9-7-5-2)11-10-12(3)14;1-3-8-4-5-9(10)7(2)6-8;1-3-2;1-2/h13H,4-9H2,1-3H3;4-6H,3,10H2,1-2H3;3H2,1-2H3;1-2H3. The molecule has 1 aromatic carbocycles. The number of nitrogens with two attached hydrogens (primary N) is 1. The third-order valence-electron chi connectivity index (χ3n) is 4.01. The maximum atomic E-state index is 10.7. The molecule has 0 saturated heterocycles. The lowest BCUT2D eigenvalue weighted by Crippen LogP contribution is -1.98. The van der Waals surface area contributed by atoms with Gasteiger partial charge in [-0.05, 0) is 49.3 Å². The number of hydrogen-bond donors (Lipinski definition) is 1. The van der Waals surface area contributed by atoms with Gasteiger partial charge in [-0.3, -0.25) is 4.79 Å². The van der Waals surface area contributed by atoms with E-state index < -0.39 is 0 Å². The van der Waals surface area contributed by atoms with Gasteiger partial charge in [0.05, 0.1) is 0 Å². The fourth-order valence-corrected chi connectivity index (χ4v) is 2.35. The minimum absolute atomic E-state index is 0.0111. The quantitative estimate of drug-likeness (QED) is 0.283. The second-order valence-corrected chi connectivity index (χ2v) is 7.06. The average Bonchev–Trinajstić information content (AvgIpc) is 2.72. The first-order valence-corrected chi connectivity index (χ1v) is 11.7. The van der Waals surface area contributed by atoms with Crippen LogP contribution in [0, 0.1) is 24.7 Å². The molecule has 1 aromatic rings. The predicted octanol–water partition coefficient (Wildman–Crippen LogP) is 8.16. The lowest BCUT2D eigenvalue weighted by Gasteiger charge is -2.08. The maximum Gasteiger partial charge on any atom is 0.202 e. The number of ketones is 1. The number of carbonyl (C=O) groups is 1. The Kier molecular flexibility index (Phi) is 26.7. The first-order valence-electron chi connectivity index (χ1n) is 11.7. The van der Waals surface area contributed by atoms with E-state index >= 15 is 0 Å². The molecular weight excluding hydrogens is 354 g/mol. The number of unbranched alkanes of at least 4 members (excludes halogenated alkanes) is 2. The highest BCUT2D eigenvalue weighted by atomic mass is 16.1. The summed E-state index contributed by atoms with van der Waals surface area (Å²) in [6.07, 6.45) is 9.51. The third-order valence-corrected chi connectivity index (χ3v) is 4.01. The minimum Gasteiger partial charge on any atom is -0.399 e. The van der Waals surface area contributed by atoms with Crippen molar-refractivity contribution in [3.8, 4) is 11.8 Å². The lowest BCUT2D eigenvalue weighted by molar-refractivity contribution is -0.111. The van der Waals surface area contributed by atoms with Crippen molar-refractivity contribution in [2.45, 2.75) is 114 Å². The first kappa shape index (κ1) is 31.9. The smallest absolute Gasteiger partial charge is 0.202 e. The summed E-state index contributed by atoms with van der Waals surface area (Å²) in [4.78, 5) is 10.7. The van der Waals surface area contributed by atoms with Crippen molar-refractivity contribution in [2.75, 3.05) is 5.73 Å². The largest absolute Gasteiger partial charge is 0.399 e. The highest BCUT2D eigenvalue weighted by Gasteiger charge is 2.03. The van der Waals surface area contributed by atoms with Crippen molar-refractivity contribution < 1.29 is 4.79 Å². The molecule has 29 heavy (non-hydrogen) atoms. The van der Waals surface area contributed by atoms with Crippen molar-refractivity contribution in [2.24, 2.45) is 5.92 Å². The molecule has 0 amide bonds. The molecule has 0 unspecified atom stereocenters. The third kappa shape index (κ3) is 22.4. The van der Waals surface area contributed by atoms with Crippen LogP contribution >= 0.6 is 0 Å². The van der Waals surface area contributed by atoms with Gasteiger partial charge in [-0.1, -0.05) is 98.6 Å². The Labute approximate surface area is 183 Å². The van der Waals surface area contributed by atoms with Gasteiger partial charge in [0.1, 0.15) is 0 Å². The van der Waals surface area contributed by atoms with Gasteiger partial charge in [-0.2, -0.15) is 0 Å². The van der Waals surface area contributed by atoms with Crippen LogP contribution in [0.5, 0.6) is 0 Å². The van der Waals surface area contributed by atoms with Crippen LogP contribution < -0.4 is 5.73 Å². The van der Waals surface area contributed by atoms with Gasteiger partial charge in [0.15, 0.2) is 0 Å². The van der Waals surface area contributed by atoms with Gasteiger partial charge in [0.25, 0.3) is 0 Å². The molecule has 0 spiro atoms. The summed E-state index contributed by atoms with van der Waals surface area (Å²) >= 11 is 0. The molecule has 2 nitrogen and oxygen atoms in total. The normalized spacial score (nSPS) is 8.90. The Balaban J connectivity index is -0.000000392. The zero-order valence-corrected chi connectivity index (χ0v) is 21.0. The fourth-order valence-electron chi connectivity index (χ4n) is 2.35. The highest BCUT2D eigenvalue weighted by Crippen LogP contribution is 2.15. The number of carbonyl (C=O) groups excluding carboxylic acids is 1. The van der Waals surface area contributed by atoms with Crippen LogP contribution in [0.3, 0.4) is 0 Å². The summed E-state index contributed by atoms with van der Waals surface area (Å²) in [6, 6.07) is 6.17. The van der Waals surface area contributed by atoms with Gasteiger partial charge in [0.2, 0.25) is 5.78 Å². The molecule has 168 valence electrons. The Morgan fingerprint density at radius 2 is 1.48 bits per heavy atom. The molecule has 0 radical (unpaired) electrons. The SMILES string of the molecule is CC.CCC.CCCCC(C#CC(C)=O)CCCC.CCc1ccc(N)c(C)c1. The van der Waals surface area contributed by atoms with Crippen molar-refractivity contribution in [1.29, 1.82) is 0 Å². The molecule has 2 N–H and O–H groups in total. The van der Waals surface area contributed by atoms with Crippen LogP contribution in [0.2, 0.25) is 0 Å². The summed E-state index contributed by atoms with van der Waals surface area (Å²) in [7, 11) is 0. The number of anilines is 1. The van der Waals surface area contributed by atoms with E-state index in [1.807, 2.05) is 26.8 Å². The van der Waals surface area contributed by atoms with Crippen LogP contribution in [0.25, 0.3) is 0 Å². The molecule has 0 saturated carbocycles. The summed E-state index contributed by atoms with van der Waals surface area (Å²) in [5, 5.41) is 0. The molecule has 2 heteroatoms. The molecule has 1 rings (SSSR count). The van der Waals surface area contributed by atoms with Crippen LogP contribution in [0.1, 0.15) is 111 Å². The molecule has 0 heterocycles. The predicted molar refractivity (Wildman–Crippen MR) is 133 cm³/mol. The van der Waals surface area contributed by atoms with E-state index in [0.717, 1.165) is 24.9 Å². The van der Waals surface area contributed by atoms with Gasteiger partial charge in [0, 0.05) is 18.5 Å². The van der Waals surface area contributed by atoms with Crippen molar-refractivity contribution >= 4 is 11.5 Å². The Bertz CT molecular complexity index is 543. The zero-order valence-electron chi connectivity index (χ0n) is 21.0. The Morgan fingerprint density at radius 3 is 1.83 bits per heavy atom. The van der Waals surface area contributed by atoms with Gasteiger partial charge in [-0.15, -0.1) is 0 Å². The maximum absolute atomic E-state index is 10.7. The van der Waals surface area contributed by atoms with E-state index in [-0.39, 0.29) is 5.78 Å². The van der Waals surface area contributed by atoms with E-state index in [4.69, 9.17) is 5.73 Å². The number of Topliss-reactive ketones (excluding diaryl/α,β-unsaturated/α-hetero) is 1. The van der Waals surface area contributed by atoms with Crippen LogP contribution in [-0.4, -0.2) is 5.78 Å². The fraction of sp³-hybridized carbons (Fsp3) is 0.667. The van der Waals surface area contributed by atoms with Crippen molar-refractivity contribution in [1.82, 2.24) is 0 Å². The van der Waals surface area contributed by atoms with Crippen LogP contribution in [-0.2, 0) is 11.2 Å². The summed E-state index contributed by atoms with van der Waals surface area (Å²) in [5.74, 6) is 6.20. The number of rotatable bonds is 7. The molecule has 0 atom stereocenters. The average molecular weight is 404 g/mol. The van der Waals surface area contributed by atoms with Gasteiger partial charge < -0.3 is 5.73 Å². The molecule has 0 bridgehead atoms. The second-order valence-electron chi connectivity index (χ2n) is 7.06. The van der Waals surface area contributed by atoms with Crippen molar-refractivity contribution in [3.05, 3.63) is 29.3 Å². The topological polar surface area (TPSA) is 43.1 Å². The van der Waals surface area contributed by atoms with E-state index in [2.05, 4.69) is 58.6 Å². The monoisotopic (exact) mass is 403 g/mol. The first-order chi connectivity index (χ1) is 13.9. The molecule has 0 aliphatic rings. The summed E-state index contributed by atoms with van der Waals surface area (Å²) in [6.45, 7) is 18.3. The number of nitrogen functional groups attached to an aromatic ring is 1. The molecule has 0 fully saturated rings. The van der Waals surface area contributed by atoms with E-state index in [9.17, 15) is 4.79 Å². The Hall–Kier alpha value is -1.75. The van der Waals surface area contributed by atoms with E-state index in [1.165, 1.54) is 50.2 Å². The second kappa shape index (κ2) is 24.3. The molecule has 0 aliphatic carbocycles. The highest BCUT2D eigenvalue weighted by molar-refractivity contribution is 5.93. The van der Waals surface area contributed by atoms with Crippen molar-refractivity contribution in [3.63, 3.8) is 0 Å². The van der Waals surface area contributed by atoms with Crippen LogP contribution in [0.4, 0.5) is 5.69 Å². The van der Waals surface area contributed by atoms with Gasteiger partial charge >= 0.3 is 0 Å². The van der Waals surface area contributed by atoms with Gasteiger partial charge in [-0.25, -0.2) is 0 Å². The summed E-state index contributed by atoms with van der Waals surface area (Å²) in [5.41, 5.74) is 9.06. The zero-order chi connectivity index (χ0) is 23.1. The molecule has 0 aromatic heterocycles. The number of aryl methyl sites for hydroxylation is 2. The Morgan fingerprint density at radius 1 is 1.00 bits per heavy atom. The lowest BCUT2D eigenvalue weighted by atomic mass is 9.96. The number of hydrogen-bond acceptors (Lipinski definition) is 2. The van der Waals surface area contributed by atoms with E-state index in [0.29, 0.717) is 5.92 Å². The minimum atomic E-state index is -0.0111. The number of benzene rings is 1. The van der Waals surface area contributed by atoms with Crippen LogP contribution in [0.15, 0.2) is 18.2 Å². The van der Waals surface area contributed by atoms with E-state index in [1.54, 1.807) is 0 Å². The molecular formula is C27H49NO. The summed E-state index contributed by atoms with van der Waals surface area (Å²) < 4.78 is 0.